The molecule has 1 aromatic rings. The Labute approximate surface area is 147 Å². The molecular formula is C17H24F2N2O3S. The molecule has 8 heteroatoms. The highest BCUT2D eigenvalue weighted by molar-refractivity contribution is 7.89. The lowest BCUT2D eigenvalue weighted by Gasteiger charge is -2.27. The van der Waals surface area contributed by atoms with Gasteiger partial charge in [-0.15, -0.1) is 0 Å². The van der Waals surface area contributed by atoms with E-state index >= 15 is 0 Å². The van der Waals surface area contributed by atoms with Crippen LogP contribution in [0.5, 0.6) is 0 Å². The molecule has 1 amide bonds. The number of halogens is 2. The molecule has 1 heterocycles. The molecule has 1 aliphatic heterocycles. The first-order valence-electron chi connectivity index (χ1n) is 8.51. The van der Waals surface area contributed by atoms with E-state index < -0.39 is 39.6 Å². The van der Waals surface area contributed by atoms with Gasteiger partial charge in [0.05, 0.1) is 11.8 Å². The lowest BCUT2D eigenvalue weighted by molar-refractivity contribution is -0.125. The van der Waals surface area contributed by atoms with Gasteiger partial charge >= 0.3 is 0 Å². The Balaban J connectivity index is 2.14. The number of benzene rings is 1. The zero-order valence-corrected chi connectivity index (χ0v) is 15.3. The summed E-state index contributed by atoms with van der Waals surface area (Å²) in [4.78, 5) is 12.7. The third-order valence-electron chi connectivity index (χ3n) is 4.42. The molecule has 5 nitrogen and oxygen atoms in total. The van der Waals surface area contributed by atoms with Crippen LogP contribution in [0.15, 0.2) is 18.2 Å². The third-order valence-corrected chi connectivity index (χ3v) is 6.38. The first-order chi connectivity index (χ1) is 11.8. The summed E-state index contributed by atoms with van der Waals surface area (Å²) in [7, 11) is -3.41. The van der Waals surface area contributed by atoms with Gasteiger partial charge in [0.1, 0.15) is 6.04 Å². The summed E-state index contributed by atoms with van der Waals surface area (Å²) in [5.41, 5.74) is 0.422. The number of sulfonamides is 1. The molecule has 1 aliphatic rings. The van der Waals surface area contributed by atoms with Gasteiger partial charge in [-0.3, -0.25) is 4.79 Å². The third kappa shape index (κ3) is 4.76. The summed E-state index contributed by atoms with van der Waals surface area (Å²) >= 11 is 0. The van der Waals surface area contributed by atoms with E-state index in [1.54, 1.807) is 6.92 Å². The van der Waals surface area contributed by atoms with Crippen LogP contribution in [-0.2, 0) is 14.8 Å². The number of carbonyl (C=O) groups is 1. The number of unbranched alkanes of at least 4 members (excludes halogenated alkanes) is 1. The smallest absolute Gasteiger partial charge is 0.238 e. The minimum atomic E-state index is -3.41. The van der Waals surface area contributed by atoms with Crippen molar-refractivity contribution in [3.8, 4) is 0 Å². The SMILES string of the molecule is CCCC[C@@H](C(=O)N[C@H](C)c1ccc(F)c(F)c1)N1CCCS1(=O)=O. The summed E-state index contributed by atoms with van der Waals surface area (Å²) in [6.45, 7) is 3.96. The molecule has 0 spiro atoms. The largest absolute Gasteiger partial charge is 0.348 e. The van der Waals surface area contributed by atoms with Crippen LogP contribution in [0.2, 0.25) is 0 Å². The summed E-state index contributed by atoms with van der Waals surface area (Å²) in [5, 5.41) is 2.73. The second kappa shape index (κ2) is 8.23. The van der Waals surface area contributed by atoms with Crippen LogP contribution in [-0.4, -0.2) is 37.0 Å². The van der Waals surface area contributed by atoms with Crippen molar-refractivity contribution >= 4 is 15.9 Å². The van der Waals surface area contributed by atoms with Gasteiger partial charge < -0.3 is 5.32 Å². The van der Waals surface area contributed by atoms with E-state index in [-0.39, 0.29) is 5.75 Å². The Morgan fingerprint density at radius 3 is 2.60 bits per heavy atom. The highest BCUT2D eigenvalue weighted by Crippen LogP contribution is 2.22. The van der Waals surface area contributed by atoms with Crippen LogP contribution in [0.1, 0.15) is 51.1 Å². The lowest BCUT2D eigenvalue weighted by atomic mass is 10.1. The molecule has 0 bridgehead atoms. The van der Waals surface area contributed by atoms with Gasteiger partial charge in [-0.25, -0.2) is 17.2 Å². The second-order valence-electron chi connectivity index (χ2n) is 6.34. The highest BCUT2D eigenvalue weighted by Gasteiger charge is 2.38. The molecule has 2 rings (SSSR count). The molecular weight excluding hydrogens is 350 g/mol. The molecule has 0 aliphatic carbocycles. The van der Waals surface area contributed by atoms with Gasteiger partial charge in [0.25, 0.3) is 0 Å². The van der Waals surface area contributed by atoms with E-state index in [0.29, 0.717) is 24.9 Å². The van der Waals surface area contributed by atoms with Crippen molar-refractivity contribution in [1.29, 1.82) is 0 Å². The summed E-state index contributed by atoms with van der Waals surface area (Å²) in [6.07, 6.45) is 2.52. The topological polar surface area (TPSA) is 66.5 Å². The number of hydrogen-bond donors (Lipinski definition) is 1. The van der Waals surface area contributed by atoms with Crippen molar-refractivity contribution in [3.05, 3.63) is 35.4 Å². The molecule has 1 N–H and O–H groups in total. The summed E-state index contributed by atoms with van der Waals surface area (Å²) < 4.78 is 52.0. The zero-order valence-electron chi connectivity index (χ0n) is 14.5. The zero-order chi connectivity index (χ0) is 18.6. The van der Waals surface area contributed by atoms with Crippen molar-refractivity contribution in [2.75, 3.05) is 12.3 Å². The Kier molecular flexibility index (Phi) is 6.51. The summed E-state index contributed by atoms with van der Waals surface area (Å²) in [6, 6.07) is 2.12. The second-order valence-corrected chi connectivity index (χ2v) is 8.38. The highest BCUT2D eigenvalue weighted by atomic mass is 32.2. The number of amides is 1. The Hall–Kier alpha value is -1.54. The van der Waals surface area contributed by atoms with Gasteiger partial charge in [0.15, 0.2) is 11.6 Å². The van der Waals surface area contributed by atoms with Crippen LogP contribution < -0.4 is 5.32 Å². The maximum Gasteiger partial charge on any atom is 0.238 e. The number of carbonyl (C=O) groups excluding carboxylic acids is 1. The van der Waals surface area contributed by atoms with Gasteiger partial charge in [-0.1, -0.05) is 25.8 Å². The molecule has 0 radical (unpaired) electrons. The van der Waals surface area contributed by atoms with Gasteiger partial charge in [0, 0.05) is 6.54 Å². The molecule has 1 aromatic carbocycles. The van der Waals surface area contributed by atoms with Crippen LogP contribution >= 0.6 is 0 Å². The quantitative estimate of drug-likeness (QED) is 0.798. The Morgan fingerprint density at radius 2 is 2.04 bits per heavy atom. The number of nitrogens with one attached hydrogen (secondary N) is 1. The fourth-order valence-corrected chi connectivity index (χ4v) is 4.71. The Morgan fingerprint density at radius 1 is 1.32 bits per heavy atom. The predicted molar refractivity (Wildman–Crippen MR) is 91.3 cm³/mol. The molecule has 0 aromatic heterocycles. The normalized spacial score (nSPS) is 19.5. The van der Waals surface area contributed by atoms with Crippen LogP contribution in [0.3, 0.4) is 0 Å². The predicted octanol–water partition coefficient (Wildman–Crippen LogP) is 2.74. The van der Waals surface area contributed by atoms with Crippen molar-refractivity contribution in [2.24, 2.45) is 0 Å². The lowest BCUT2D eigenvalue weighted by Crippen LogP contribution is -2.48. The molecule has 25 heavy (non-hydrogen) atoms. The monoisotopic (exact) mass is 374 g/mol. The molecule has 0 saturated carbocycles. The van der Waals surface area contributed by atoms with Crippen LogP contribution in [0, 0.1) is 11.6 Å². The Bertz CT molecular complexity index is 725. The van der Waals surface area contributed by atoms with E-state index in [0.717, 1.165) is 25.0 Å². The number of rotatable bonds is 7. The van der Waals surface area contributed by atoms with Crippen molar-refractivity contribution < 1.29 is 22.0 Å². The molecule has 140 valence electrons. The van der Waals surface area contributed by atoms with E-state index in [9.17, 15) is 22.0 Å². The summed E-state index contributed by atoms with van der Waals surface area (Å²) in [5.74, 6) is -2.28. The van der Waals surface area contributed by atoms with Crippen molar-refractivity contribution in [2.45, 2.75) is 51.6 Å². The minimum Gasteiger partial charge on any atom is -0.348 e. The molecule has 1 fully saturated rings. The van der Waals surface area contributed by atoms with Gasteiger partial charge in [0.2, 0.25) is 15.9 Å². The molecule has 2 atom stereocenters. The van der Waals surface area contributed by atoms with Crippen LogP contribution in [0.4, 0.5) is 8.78 Å². The van der Waals surface area contributed by atoms with E-state index in [2.05, 4.69) is 5.32 Å². The first-order valence-corrected chi connectivity index (χ1v) is 10.1. The molecule has 1 saturated heterocycles. The average Bonchev–Trinajstić information content (AvgIpc) is 2.89. The fraction of sp³-hybridized carbons (Fsp3) is 0.588. The maximum absolute atomic E-state index is 13.4. The van der Waals surface area contributed by atoms with E-state index in [4.69, 9.17) is 0 Å². The number of hydrogen-bond acceptors (Lipinski definition) is 3. The first kappa shape index (κ1) is 19.8. The van der Waals surface area contributed by atoms with Crippen LogP contribution in [0.25, 0.3) is 0 Å². The number of nitrogens with zero attached hydrogens (tertiary/aromatic N) is 1. The van der Waals surface area contributed by atoms with E-state index in [1.807, 2.05) is 6.92 Å². The average molecular weight is 374 g/mol. The van der Waals surface area contributed by atoms with Crippen molar-refractivity contribution in [1.82, 2.24) is 9.62 Å². The maximum atomic E-state index is 13.4. The van der Waals surface area contributed by atoms with Gasteiger partial charge in [-0.2, -0.15) is 4.31 Å². The van der Waals surface area contributed by atoms with E-state index in [1.165, 1.54) is 10.4 Å². The fourth-order valence-electron chi connectivity index (χ4n) is 2.99. The standard InChI is InChI=1S/C17H24F2N2O3S/c1-3-4-6-16(21-9-5-10-25(21,23)24)17(22)20-12(2)13-7-8-14(18)15(19)11-13/h7-8,11-12,16H,3-6,9-10H2,1-2H3,(H,20,22)/t12-,16+/m1/s1. The van der Waals surface area contributed by atoms with Crippen molar-refractivity contribution in [3.63, 3.8) is 0 Å². The van der Waals surface area contributed by atoms with Gasteiger partial charge in [-0.05, 0) is 37.5 Å². The minimum absolute atomic E-state index is 0.0572. The molecule has 0 unspecified atom stereocenters.